The fourth-order valence-electron chi connectivity index (χ4n) is 1.47. The minimum absolute atomic E-state index is 0.127. The van der Waals surface area contributed by atoms with Gasteiger partial charge in [0, 0.05) is 5.41 Å². The predicted molar refractivity (Wildman–Crippen MR) is 70.0 cm³/mol. The quantitative estimate of drug-likeness (QED) is 0.897. The van der Waals surface area contributed by atoms with Gasteiger partial charge in [0.2, 0.25) is 0 Å². The second kappa shape index (κ2) is 5.11. The van der Waals surface area contributed by atoms with E-state index in [0.29, 0.717) is 10.2 Å². The van der Waals surface area contributed by atoms with Crippen LogP contribution in [0.25, 0.3) is 0 Å². The van der Waals surface area contributed by atoms with E-state index in [1.54, 1.807) is 24.3 Å². The van der Waals surface area contributed by atoms with Crippen molar-refractivity contribution in [1.29, 1.82) is 0 Å². The Kier molecular flexibility index (Phi) is 3.72. The van der Waals surface area contributed by atoms with E-state index in [1.165, 1.54) is 6.08 Å². The molecule has 0 spiro atoms. The highest BCUT2D eigenvalue weighted by atomic mass is 79.9. The Hall–Kier alpha value is -1.34. The number of hydrogen-bond donors (Lipinski definition) is 1. The van der Waals surface area contributed by atoms with Crippen molar-refractivity contribution in [2.75, 3.05) is 5.75 Å². The molecule has 18 heavy (non-hydrogen) atoms. The van der Waals surface area contributed by atoms with Crippen molar-refractivity contribution in [3.05, 3.63) is 40.2 Å². The van der Waals surface area contributed by atoms with Crippen molar-refractivity contribution >= 4 is 31.9 Å². The fraction of sp³-hybridized carbons (Fsp3) is 0.182. The molecule has 2 rings (SSSR count). The molecule has 1 unspecified atom stereocenters. The average Bonchev–Trinajstić information content (AvgIpc) is 2.61. The molecule has 7 heteroatoms. The van der Waals surface area contributed by atoms with Crippen LogP contribution in [0, 0.1) is 0 Å². The van der Waals surface area contributed by atoms with Crippen molar-refractivity contribution < 1.29 is 17.9 Å². The Morgan fingerprint density at radius 1 is 1.39 bits per heavy atom. The first-order valence-corrected chi connectivity index (χ1v) is 7.61. The van der Waals surface area contributed by atoms with Gasteiger partial charge in [0.25, 0.3) is 0 Å². The van der Waals surface area contributed by atoms with Crippen LogP contribution >= 0.6 is 15.9 Å². The third kappa shape index (κ3) is 3.33. The number of halogens is 1. The molecule has 96 valence electrons. The zero-order valence-electron chi connectivity index (χ0n) is 9.17. The third-order valence-corrected chi connectivity index (χ3v) is 4.32. The second-order valence-electron chi connectivity index (χ2n) is 3.73. The van der Waals surface area contributed by atoms with E-state index in [4.69, 9.17) is 4.74 Å². The first-order valence-electron chi connectivity index (χ1n) is 5.10. The van der Waals surface area contributed by atoms with Crippen molar-refractivity contribution in [1.82, 2.24) is 5.32 Å². The van der Waals surface area contributed by atoms with Crippen LogP contribution < -0.4 is 10.1 Å². The van der Waals surface area contributed by atoms with Gasteiger partial charge in [-0.1, -0.05) is 12.1 Å². The molecule has 0 radical (unpaired) electrons. The van der Waals surface area contributed by atoms with Gasteiger partial charge in [0.05, 0.1) is 16.3 Å². The van der Waals surface area contributed by atoms with Gasteiger partial charge in [0.15, 0.2) is 9.84 Å². The Bertz CT molecular complexity index is 597. The minimum atomic E-state index is -3.18. The van der Waals surface area contributed by atoms with Gasteiger partial charge in [-0.2, -0.15) is 0 Å². The van der Waals surface area contributed by atoms with Crippen LogP contribution in [0.2, 0.25) is 0 Å². The maximum Gasteiger partial charge on any atom is 0.413 e. The number of ether oxygens (including phenoxy) is 1. The number of nitrogens with one attached hydrogen (secondary N) is 1. The van der Waals surface area contributed by atoms with Crippen LogP contribution in [0.1, 0.15) is 0 Å². The summed E-state index contributed by atoms with van der Waals surface area (Å²) < 4.78 is 28.0. The first-order chi connectivity index (χ1) is 8.46. The molecule has 1 aromatic rings. The molecule has 1 aliphatic rings. The van der Waals surface area contributed by atoms with Crippen LogP contribution in [0.5, 0.6) is 5.75 Å². The van der Waals surface area contributed by atoms with Crippen molar-refractivity contribution in [2.45, 2.75) is 6.04 Å². The Balaban J connectivity index is 1.95. The maximum atomic E-state index is 11.5. The van der Waals surface area contributed by atoms with Crippen molar-refractivity contribution in [2.24, 2.45) is 0 Å². The molecule has 1 atom stereocenters. The highest BCUT2D eigenvalue weighted by molar-refractivity contribution is 9.10. The number of hydrogen-bond acceptors (Lipinski definition) is 4. The third-order valence-electron chi connectivity index (χ3n) is 2.27. The topological polar surface area (TPSA) is 72.5 Å². The highest BCUT2D eigenvalue weighted by Gasteiger charge is 2.23. The summed E-state index contributed by atoms with van der Waals surface area (Å²) in [6.45, 7) is 0. The number of carbonyl (C=O) groups is 1. The molecule has 1 aromatic carbocycles. The Morgan fingerprint density at radius 3 is 2.72 bits per heavy atom. The number of sulfone groups is 1. The van der Waals surface area contributed by atoms with Crippen LogP contribution in [0.3, 0.4) is 0 Å². The average molecular weight is 332 g/mol. The Labute approximate surface area is 113 Å². The van der Waals surface area contributed by atoms with Gasteiger partial charge in [0.1, 0.15) is 5.75 Å². The zero-order valence-corrected chi connectivity index (χ0v) is 11.6. The summed E-state index contributed by atoms with van der Waals surface area (Å²) in [6.07, 6.45) is 0.741. The van der Waals surface area contributed by atoms with Gasteiger partial charge in [-0.15, -0.1) is 0 Å². The van der Waals surface area contributed by atoms with Crippen LogP contribution in [-0.4, -0.2) is 26.3 Å². The normalized spacial score (nSPS) is 20.6. The summed E-state index contributed by atoms with van der Waals surface area (Å²) in [7, 11) is -3.18. The monoisotopic (exact) mass is 331 g/mol. The molecule has 5 nitrogen and oxygen atoms in total. The predicted octanol–water partition coefficient (Wildman–Crippen LogP) is 1.85. The zero-order chi connectivity index (χ0) is 13.2. The summed E-state index contributed by atoms with van der Waals surface area (Å²) in [5.74, 6) is 0.248. The number of para-hydroxylation sites is 1. The second-order valence-corrected chi connectivity index (χ2v) is 6.51. The number of amides is 1. The van der Waals surface area contributed by atoms with Gasteiger partial charge < -0.3 is 10.1 Å². The van der Waals surface area contributed by atoms with Crippen molar-refractivity contribution in [3.8, 4) is 5.75 Å². The van der Waals surface area contributed by atoms with E-state index < -0.39 is 22.0 Å². The van der Waals surface area contributed by atoms with E-state index in [2.05, 4.69) is 21.2 Å². The lowest BCUT2D eigenvalue weighted by atomic mass is 10.3. The molecule has 1 heterocycles. The number of rotatable bonds is 2. The SMILES string of the molecule is O=C(NC1C=CS(=O)(=O)C1)Oc1ccccc1Br. The minimum Gasteiger partial charge on any atom is -0.409 e. The lowest BCUT2D eigenvalue weighted by Gasteiger charge is -2.11. The molecular weight excluding hydrogens is 322 g/mol. The van der Waals surface area contributed by atoms with Gasteiger partial charge in [-0.25, -0.2) is 13.2 Å². The van der Waals surface area contributed by atoms with Gasteiger partial charge in [-0.05, 0) is 34.1 Å². The van der Waals surface area contributed by atoms with E-state index in [9.17, 15) is 13.2 Å². The largest absolute Gasteiger partial charge is 0.413 e. The lowest BCUT2D eigenvalue weighted by Crippen LogP contribution is -2.37. The van der Waals surface area contributed by atoms with E-state index >= 15 is 0 Å². The number of carbonyl (C=O) groups excluding carboxylic acids is 1. The van der Waals surface area contributed by atoms with E-state index in [0.717, 1.165) is 5.41 Å². The lowest BCUT2D eigenvalue weighted by molar-refractivity contribution is 0.198. The highest BCUT2D eigenvalue weighted by Crippen LogP contribution is 2.23. The first kappa shape index (κ1) is 13.1. The standard InChI is InChI=1S/C11H10BrNO4S/c12-9-3-1-2-4-10(9)17-11(14)13-8-5-6-18(15,16)7-8/h1-6,8H,7H2,(H,13,14). The van der Waals surface area contributed by atoms with Gasteiger partial charge >= 0.3 is 6.09 Å². The summed E-state index contributed by atoms with van der Waals surface area (Å²) in [5.41, 5.74) is 0. The summed E-state index contributed by atoms with van der Waals surface area (Å²) in [4.78, 5) is 11.5. The maximum absolute atomic E-state index is 11.5. The molecule has 1 aliphatic heterocycles. The van der Waals surface area contributed by atoms with Crippen LogP contribution in [0.15, 0.2) is 40.2 Å². The van der Waals surface area contributed by atoms with E-state index in [-0.39, 0.29) is 5.75 Å². The van der Waals surface area contributed by atoms with Crippen LogP contribution in [-0.2, 0) is 9.84 Å². The van der Waals surface area contributed by atoms with Crippen molar-refractivity contribution in [3.63, 3.8) is 0 Å². The van der Waals surface area contributed by atoms with E-state index in [1.807, 2.05) is 0 Å². The molecule has 0 saturated heterocycles. The molecule has 0 aliphatic carbocycles. The molecule has 0 fully saturated rings. The van der Waals surface area contributed by atoms with Crippen LogP contribution in [0.4, 0.5) is 4.79 Å². The Morgan fingerprint density at radius 2 is 2.11 bits per heavy atom. The summed E-state index contributed by atoms with van der Waals surface area (Å²) in [5, 5.41) is 3.56. The molecule has 1 N–H and O–H groups in total. The molecule has 0 saturated carbocycles. The number of benzene rings is 1. The summed E-state index contributed by atoms with van der Waals surface area (Å²) >= 11 is 3.24. The molecule has 0 bridgehead atoms. The van der Waals surface area contributed by atoms with Gasteiger partial charge in [-0.3, -0.25) is 0 Å². The molecule has 0 aromatic heterocycles. The molecular formula is C11H10BrNO4S. The molecule has 1 amide bonds. The summed E-state index contributed by atoms with van der Waals surface area (Å²) in [6, 6.07) is 6.35. The fourth-order valence-corrected chi connectivity index (χ4v) is 3.07. The smallest absolute Gasteiger partial charge is 0.409 e.